The molecular weight excluding hydrogens is 418 g/mol. The fourth-order valence-electron chi connectivity index (χ4n) is 4.57. The molecule has 2 heterocycles. The van der Waals surface area contributed by atoms with Gasteiger partial charge in [0.15, 0.2) is 11.5 Å². The Labute approximate surface area is 194 Å². The third-order valence-corrected chi connectivity index (χ3v) is 6.33. The number of nitrogens with zero attached hydrogens (tertiary/aromatic N) is 1. The van der Waals surface area contributed by atoms with Gasteiger partial charge in [-0.2, -0.15) is 0 Å². The lowest BCUT2D eigenvalue weighted by Crippen LogP contribution is -2.35. The summed E-state index contributed by atoms with van der Waals surface area (Å²) in [7, 11) is 1.63. The molecule has 7 nitrogen and oxygen atoms in total. The highest BCUT2D eigenvalue weighted by Crippen LogP contribution is 2.36. The van der Waals surface area contributed by atoms with Gasteiger partial charge in [0.25, 0.3) is 0 Å². The number of methoxy groups -OCH3 is 1. The Morgan fingerprint density at radius 3 is 2.76 bits per heavy atom. The molecule has 2 unspecified atom stereocenters. The lowest BCUT2D eigenvalue weighted by Gasteiger charge is -2.21. The van der Waals surface area contributed by atoms with Gasteiger partial charge in [0.05, 0.1) is 19.6 Å². The number of hydrogen-bond donors (Lipinski definition) is 2. The molecule has 0 saturated carbocycles. The zero-order chi connectivity index (χ0) is 23.4. The summed E-state index contributed by atoms with van der Waals surface area (Å²) in [4.78, 5) is 30.1. The molecule has 33 heavy (non-hydrogen) atoms. The van der Waals surface area contributed by atoms with Crippen LogP contribution in [0, 0.1) is 5.92 Å². The fraction of sp³-hybridized carbons (Fsp3) is 0.385. The maximum absolute atomic E-state index is 12.9. The molecule has 4 rings (SSSR count). The van der Waals surface area contributed by atoms with Gasteiger partial charge in [-0.05, 0) is 43.2 Å². The largest absolute Gasteiger partial charge is 0.493 e. The van der Waals surface area contributed by atoms with Crippen LogP contribution in [0.2, 0.25) is 0 Å². The van der Waals surface area contributed by atoms with Crippen molar-refractivity contribution in [1.82, 2.24) is 15.2 Å². The van der Waals surface area contributed by atoms with Crippen LogP contribution in [-0.4, -0.2) is 55.0 Å². The number of ether oxygens (including phenoxy) is 2. The van der Waals surface area contributed by atoms with E-state index in [1.165, 1.54) is 0 Å². The van der Waals surface area contributed by atoms with E-state index in [-0.39, 0.29) is 30.1 Å². The number of carbonyl (C=O) groups excluding carboxylic acids is 2. The Morgan fingerprint density at radius 2 is 2.03 bits per heavy atom. The topological polar surface area (TPSA) is 83.7 Å². The summed E-state index contributed by atoms with van der Waals surface area (Å²) in [5.41, 5.74) is 3.15. The molecule has 2 aromatic carbocycles. The number of H-pyrrole nitrogens is 1. The summed E-state index contributed by atoms with van der Waals surface area (Å²) in [5, 5.41) is 4.22. The molecule has 2 N–H and O–H groups in total. The molecule has 0 spiro atoms. The van der Waals surface area contributed by atoms with Gasteiger partial charge in [0.2, 0.25) is 11.8 Å². The summed E-state index contributed by atoms with van der Waals surface area (Å²) in [6.45, 7) is 5.94. The molecule has 3 aromatic rings. The van der Waals surface area contributed by atoms with Crippen molar-refractivity contribution in [2.75, 3.05) is 33.4 Å². The van der Waals surface area contributed by atoms with Crippen LogP contribution >= 0.6 is 0 Å². The Morgan fingerprint density at radius 1 is 1.21 bits per heavy atom. The molecule has 7 heteroatoms. The number of aromatic nitrogens is 1. The van der Waals surface area contributed by atoms with E-state index < -0.39 is 0 Å². The van der Waals surface area contributed by atoms with Gasteiger partial charge in [-0.15, -0.1) is 0 Å². The van der Waals surface area contributed by atoms with E-state index in [2.05, 4.69) is 16.4 Å². The standard InChI is InChI=1S/C26H31N3O4/c1-4-29-16-18(13-25(29)30)26(31)28-14-20(21-15-27-22-9-7-6-8-19(21)22)17-10-11-23(33-5-2)24(12-17)32-3/h6-12,15,18,20,27H,4-5,13-14,16H2,1-3H3,(H,28,31). The van der Waals surface area contributed by atoms with Crippen LogP contribution in [0.25, 0.3) is 10.9 Å². The Hall–Kier alpha value is -3.48. The van der Waals surface area contributed by atoms with Gasteiger partial charge in [-0.3, -0.25) is 9.59 Å². The Kier molecular flexibility index (Phi) is 6.87. The lowest BCUT2D eigenvalue weighted by atomic mass is 9.90. The average molecular weight is 450 g/mol. The molecule has 1 aliphatic heterocycles. The second-order valence-electron chi connectivity index (χ2n) is 8.26. The first-order valence-electron chi connectivity index (χ1n) is 11.5. The van der Waals surface area contributed by atoms with Crippen molar-refractivity contribution in [3.05, 3.63) is 59.8 Å². The smallest absolute Gasteiger partial charge is 0.225 e. The molecule has 2 amide bonds. The zero-order valence-corrected chi connectivity index (χ0v) is 19.4. The van der Waals surface area contributed by atoms with Crippen molar-refractivity contribution in [3.63, 3.8) is 0 Å². The zero-order valence-electron chi connectivity index (χ0n) is 19.4. The number of rotatable bonds is 9. The van der Waals surface area contributed by atoms with E-state index in [1.54, 1.807) is 12.0 Å². The number of fused-ring (bicyclic) bond motifs is 1. The van der Waals surface area contributed by atoms with Gasteiger partial charge in [0, 0.05) is 49.1 Å². The van der Waals surface area contributed by atoms with Gasteiger partial charge in [-0.25, -0.2) is 0 Å². The highest BCUT2D eigenvalue weighted by atomic mass is 16.5. The van der Waals surface area contributed by atoms with Gasteiger partial charge in [-0.1, -0.05) is 24.3 Å². The van der Waals surface area contributed by atoms with Crippen molar-refractivity contribution in [1.29, 1.82) is 0 Å². The van der Waals surface area contributed by atoms with E-state index >= 15 is 0 Å². The molecule has 1 fully saturated rings. The summed E-state index contributed by atoms with van der Waals surface area (Å²) in [6.07, 6.45) is 2.27. The molecule has 174 valence electrons. The second kappa shape index (κ2) is 9.98. The number of amides is 2. The summed E-state index contributed by atoms with van der Waals surface area (Å²) >= 11 is 0. The van der Waals surface area contributed by atoms with E-state index in [9.17, 15) is 9.59 Å². The molecule has 0 bridgehead atoms. The fourth-order valence-corrected chi connectivity index (χ4v) is 4.57. The van der Waals surface area contributed by atoms with Crippen molar-refractivity contribution in [3.8, 4) is 11.5 Å². The van der Waals surface area contributed by atoms with Gasteiger partial charge >= 0.3 is 0 Å². The first-order chi connectivity index (χ1) is 16.0. The number of para-hydroxylation sites is 1. The SMILES string of the molecule is CCOc1ccc(C(CNC(=O)C2CC(=O)N(CC)C2)c2c[nH]c3ccccc23)cc1OC. The number of carbonyl (C=O) groups is 2. The first kappa shape index (κ1) is 22.7. The van der Waals surface area contributed by atoms with Crippen LogP contribution in [0.4, 0.5) is 0 Å². The normalized spacial score (nSPS) is 16.8. The Balaban J connectivity index is 1.63. The number of aromatic amines is 1. The van der Waals surface area contributed by atoms with Crippen LogP contribution in [0.5, 0.6) is 11.5 Å². The molecule has 1 aliphatic rings. The molecule has 2 atom stereocenters. The average Bonchev–Trinajstić information content (AvgIpc) is 3.43. The number of nitrogens with one attached hydrogen (secondary N) is 2. The van der Waals surface area contributed by atoms with Crippen LogP contribution in [0.15, 0.2) is 48.7 Å². The van der Waals surface area contributed by atoms with Crippen LogP contribution < -0.4 is 14.8 Å². The van der Waals surface area contributed by atoms with E-state index in [4.69, 9.17) is 9.47 Å². The number of likely N-dealkylation sites (tertiary alicyclic amines) is 1. The van der Waals surface area contributed by atoms with Crippen molar-refractivity contribution >= 4 is 22.7 Å². The maximum Gasteiger partial charge on any atom is 0.225 e. The quantitative estimate of drug-likeness (QED) is 0.522. The monoisotopic (exact) mass is 449 g/mol. The van der Waals surface area contributed by atoms with E-state index in [0.29, 0.717) is 37.7 Å². The number of hydrogen-bond acceptors (Lipinski definition) is 4. The molecule has 1 saturated heterocycles. The van der Waals surface area contributed by atoms with Gasteiger partial charge in [0.1, 0.15) is 0 Å². The minimum Gasteiger partial charge on any atom is -0.493 e. The van der Waals surface area contributed by atoms with E-state index in [1.807, 2.05) is 56.4 Å². The van der Waals surface area contributed by atoms with Crippen molar-refractivity contribution in [2.24, 2.45) is 5.92 Å². The predicted octanol–water partition coefficient (Wildman–Crippen LogP) is 3.69. The van der Waals surface area contributed by atoms with Gasteiger partial charge < -0.3 is 24.7 Å². The van der Waals surface area contributed by atoms with Crippen LogP contribution in [0.3, 0.4) is 0 Å². The highest BCUT2D eigenvalue weighted by Gasteiger charge is 2.33. The molecule has 0 radical (unpaired) electrons. The predicted molar refractivity (Wildman–Crippen MR) is 128 cm³/mol. The van der Waals surface area contributed by atoms with Crippen LogP contribution in [-0.2, 0) is 9.59 Å². The van der Waals surface area contributed by atoms with Crippen molar-refractivity contribution in [2.45, 2.75) is 26.2 Å². The molecular formula is C26H31N3O4. The maximum atomic E-state index is 12.9. The van der Waals surface area contributed by atoms with E-state index in [0.717, 1.165) is 22.0 Å². The first-order valence-corrected chi connectivity index (χ1v) is 11.5. The van der Waals surface area contributed by atoms with Crippen molar-refractivity contribution < 1.29 is 19.1 Å². The summed E-state index contributed by atoms with van der Waals surface area (Å²) in [5.74, 6) is 0.897. The molecule has 1 aromatic heterocycles. The molecule has 0 aliphatic carbocycles. The summed E-state index contributed by atoms with van der Waals surface area (Å²) in [6, 6.07) is 14.0. The second-order valence-corrected chi connectivity index (χ2v) is 8.26. The third kappa shape index (κ3) is 4.67. The third-order valence-electron chi connectivity index (χ3n) is 6.33. The minimum atomic E-state index is -0.309. The Bertz CT molecular complexity index is 1140. The lowest BCUT2D eigenvalue weighted by molar-refractivity contribution is -0.128. The minimum absolute atomic E-state index is 0.0436. The number of benzene rings is 2. The highest BCUT2D eigenvalue weighted by molar-refractivity contribution is 5.89. The van der Waals surface area contributed by atoms with Crippen LogP contribution in [0.1, 0.15) is 37.3 Å². The summed E-state index contributed by atoms with van der Waals surface area (Å²) < 4.78 is 11.3.